The molecule has 0 aliphatic carbocycles. The molecule has 0 radical (unpaired) electrons. The predicted molar refractivity (Wildman–Crippen MR) is 128 cm³/mol. The van der Waals surface area contributed by atoms with E-state index < -0.39 is 5.91 Å². The van der Waals surface area contributed by atoms with E-state index in [1.165, 1.54) is 0 Å². The summed E-state index contributed by atoms with van der Waals surface area (Å²) >= 11 is 8.41. The summed E-state index contributed by atoms with van der Waals surface area (Å²) in [7, 11) is 0. The Bertz CT molecular complexity index is 1090. The van der Waals surface area contributed by atoms with E-state index >= 15 is 0 Å². The van der Waals surface area contributed by atoms with Gasteiger partial charge in [0.2, 0.25) is 0 Å². The molecular formula is C23H20BrN3O3S. The second-order valence-electron chi connectivity index (χ2n) is 6.60. The number of hydrogen-bond acceptors (Lipinski definition) is 4. The normalized spacial score (nSPS) is 10.1. The number of thiocarbonyl (C=S) groups is 1. The highest BCUT2D eigenvalue weighted by molar-refractivity contribution is 9.10. The number of hydrogen-bond donors (Lipinski definition) is 3. The molecule has 3 N–H and O–H groups in total. The van der Waals surface area contributed by atoms with Crippen molar-refractivity contribution < 1.29 is 14.3 Å². The van der Waals surface area contributed by atoms with Gasteiger partial charge >= 0.3 is 0 Å². The lowest BCUT2D eigenvalue weighted by Gasteiger charge is -2.12. The van der Waals surface area contributed by atoms with Crippen molar-refractivity contribution in [3.63, 3.8) is 0 Å². The molecule has 158 valence electrons. The van der Waals surface area contributed by atoms with E-state index in [1.807, 2.05) is 61.5 Å². The monoisotopic (exact) mass is 497 g/mol. The van der Waals surface area contributed by atoms with E-state index in [1.54, 1.807) is 18.2 Å². The van der Waals surface area contributed by atoms with Crippen molar-refractivity contribution in [2.24, 2.45) is 0 Å². The average Bonchev–Trinajstić information content (AvgIpc) is 2.77. The summed E-state index contributed by atoms with van der Waals surface area (Å²) in [5, 5.41) is 2.42. The molecule has 8 heteroatoms. The van der Waals surface area contributed by atoms with Crippen LogP contribution < -0.4 is 20.9 Å². The maximum absolute atomic E-state index is 12.3. The Morgan fingerprint density at radius 3 is 2.29 bits per heavy atom. The van der Waals surface area contributed by atoms with Crippen molar-refractivity contribution in [2.75, 3.05) is 6.61 Å². The van der Waals surface area contributed by atoms with Crippen molar-refractivity contribution >= 4 is 45.1 Å². The molecular weight excluding hydrogens is 478 g/mol. The maximum Gasteiger partial charge on any atom is 0.269 e. The van der Waals surface area contributed by atoms with Gasteiger partial charge in [0, 0.05) is 10.0 Å². The molecule has 0 fully saturated rings. The molecule has 0 aliphatic rings. The Kier molecular flexibility index (Phi) is 7.75. The van der Waals surface area contributed by atoms with Crippen LogP contribution in [0.15, 0.2) is 77.3 Å². The molecule has 0 aromatic heterocycles. The van der Waals surface area contributed by atoms with Crippen molar-refractivity contribution in [2.45, 2.75) is 6.92 Å². The smallest absolute Gasteiger partial charge is 0.269 e. The number of carbonyl (C=O) groups is 2. The number of hydrazine groups is 1. The molecule has 0 heterocycles. The van der Waals surface area contributed by atoms with E-state index in [9.17, 15) is 9.59 Å². The van der Waals surface area contributed by atoms with Gasteiger partial charge in [0.05, 0.1) is 0 Å². The first-order valence-electron chi connectivity index (χ1n) is 9.37. The minimum Gasteiger partial charge on any atom is -0.483 e. The van der Waals surface area contributed by atoms with Crippen LogP contribution in [0.3, 0.4) is 0 Å². The number of amides is 2. The van der Waals surface area contributed by atoms with Gasteiger partial charge in [-0.3, -0.25) is 25.8 Å². The van der Waals surface area contributed by atoms with Gasteiger partial charge in [-0.15, -0.1) is 0 Å². The molecule has 0 bridgehead atoms. The molecule has 3 rings (SSSR count). The van der Waals surface area contributed by atoms with Gasteiger partial charge in [-0.25, -0.2) is 0 Å². The molecule has 3 aromatic rings. The molecule has 0 atom stereocenters. The van der Waals surface area contributed by atoms with Gasteiger partial charge in [0.25, 0.3) is 11.8 Å². The van der Waals surface area contributed by atoms with E-state index in [0.717, 1.165) is 21.2 Å². The quantitative estimate of drug-likeness (QED) is 0.364. The summed E-state index contributed by atoms with van der Waals surface area (Å²) in [4.78, 5) is 24.3. The SMILES string of the molecule is Cc1cc(Br)ccc1OCC(=O)NC(=S)NNC(=O)c1ccc(-c2ccccc2)cc1. The molecule has 0 saturated heterocycles. The number of halogens is 1. The third-order valence-corrected chi connectivity index (χ3v) is 4.99. The van der Waals surface area contributed by atoms with Crippen LogP contribution in [0.25, 0.3) is 11.1 Å². The van der Waals surface area contributed by atoms with Gasteiger partial charge in [-0.1, -0.05) is 58.4 Å². The van der Waals surface area contributed by atoms with Crippen molar-refractivity contribution in [1.29, 1.82) is 0 Å². The molecule has 6 nitrogen and oxygen atoms in total. The Labute approximate surface area is 194 Å². The van der Waals surface area contributed by atoms with E-state index in [4.69, 9.17) is 17.0 Å². The van der Waals surface area contributed by atoms with Crippen molar-refractivity contribution in [1.82, 2.24) is 16.2 Å². The topological polar surface area (TPSA) is 79.5 Å². The van der Waals surface area contributed by atoms with Crippen molar-refractivity contribution in [3.05, 3.63) is 88.4 Å². The second-order valence-corrected chi connectivity index (χ2v) is 7.92. The summed E-state index contributed by atoms with van der Waals surface area (Å²) in [5.74, 6) is -0.219. The Hall–Kier alpha value is -3.23. The first-order chi connectivity index (χ1) is 14.9. The minimum atomic E-state index is -0.443. The zero-order valence-corrected chi connectivity index (χ0v) is 19.0. The second kappa shape index (κ2) is 10.7. The van der Waals surface area contributed by atoms with Crippen LogP contribution in [0, 0.1) is 6.92 Å². The average molecular weight is 498 g/mol. The number of aryl methyl sites for hydroxylation is 1. The molecule has 31 heavy (non-hydrogen) atoms. The molecule has 0 aliphatic heterocycles. The lowest BCUT2D eigenvalue weighted by atomic mass is 10.0. The van der Waals surface area contributed by atoms with E-state index in [-0.39, 0.29) is 17.6 Å². The summed E-state index contributed by atoms with van der Waals surface area (Å²) in [6.07, 6.45) is 0. The fourth-order valence-electron chi connectivity index (χ4n) is 2.74. The fraction of sp³-hybridized carbons (Fsp3) is 0.0870. The van der Waals surface area contributed by atoms with E-state index in [2.05, 4.69) is 32.1 Å². The van der Waals surface area contributed by atoms with E-state index in [0.29, 0.717) is 11.3 Å². The molecule has 0 saturated carbocycles. The van der Waals surface area contributed by atoms with Crippen LogP contribution in [0.1, 0.15) is 15.9 Å². The lowest BCUT2D eigenvalue weighted by Crippen LogP contribution is -2.49. The van der Waals surface area contributed by atoms with Gasteiger partial charge in [0.1, 0.15) is 5.75 Å². The number of rotatable bonds is 5. The zero-order chi connectivity index (χ0) is 22.2. The fourth-order valence-corrected chi connectivity index (χ4v) is 3.38. The maximum atomic E-state index is 12.3. The molecule has 3 aromatic carbocycles. The minimum absolute atomic E-state index is 0.0321. The summed E-state index contributed by atoms with van der Waals surface area (Å²) in [6, 6.07) is 22.5. The Morgan fingerprint density at radius 2 is 1.61 bits per heavy atom. The standard InChI is InChI=1S/C23H20BrN3O3S/c1-15-13-19(24)11-12-20(15)30-14-21(28)25-23(31)27-26-22(29)18-9-7-17(8-10-18)16-5-3-2-4-6-16/h2-13H,14H2,1H3,(H,26,29)(H2,25,27,28,31). The predicted octanol–water partition coefficient (Wildman–Crippen LogP) is 4.14. The molecule has 0 spiro atoms. The number of ether oxygens (including phenoxy) is 1. The van der Waals surface area contributed by atoms with Crippen LogP contribution in [-0.2, 0) is 4.79 Å². The highest BCUT2D eigenvalue weighted by Crippen LogP contribution is 2.22. The van der Waals surface area contributed by atoms with Crippen LogP contribution in [0.4, 0.5) is 0 Å². The van der Waals surface area contributed by atoms with Crippen LogP contribution in [0.5, 0.6) is 5.75 Å². The number of carbonyl (C=O) groups excluding carboxylic acids is 2. The number of benzene rings is 3. The summed E-state index contributed by atoms with van der Waals surface area (Å²) in [6.45, 7) is 1.67. The highest BCUT2D eigenvalue weighted by Gasteiger charge is 2.10. The summed E-state index contributed by atoms with van der Waals surface area (Å²) < 4.78 is 6.42. The number of nitrogens with one attached hydrogen (secondary N) is 3. The van der Waals surface area contributed by atoms with Gasteiger partial charge in [-0.2, -0.15) is 0 Å². The first kappa shape index (κ1) is 22.5. The Balaban J connectivity index is 1.44. The largest absolute Gasteiger partial charge is 0.483 e. The van der Waals surface area contributed by atoms with Crippen LogP contribution in [0.2, 0.25) is 0 Å². The van der Waals surface area contributed by atoms with Gasteiger partial charge < -0.3 is 4.74 Å². The highest BCUT2D eigenvalue weighted by atomic mass is 79.9. The van der Waals surface area contributed by atoms with Gasteiger partial charge in [0.15, 0.2) is 11.7 Å². The third kappa shape index (κ3) is 6.63. The molecule has 2 amide bonds. The van der Waals surface area contributed by atoms with Crippen LogP contribution in [-0.4, -0.2) is 23.5 Å². The van der Waals surface area contributed by atoms with Gasteiger partial charge in [-0.05, 0) is 66.2 Å². The van der Waals surface area contributed by atoms with Crippen molar-refractivity contribution in [3.8, 4) is 16.9 Å². The first-order valence-corrected chi connectivity index (χ1v) is 10.6. The lowest BCUT2D eigenvalue weighted by molar-refractivity contribution is -0.121. The summed E-state index contributed by atoms with van der Waals surface area (Å²) in [5.41, 5.74) is 8.40. The Morgan fingerprint density at radius 1 is 0.935 bits per heavy atom. The third-order valence-electron chi connectivity index (χ3n) is 4.29. The van der Waals surface area contributed by atoms with Crippen LogP contribution >= 0.6 is 28.1 Å². The molecule has 0 unspecified atom stereocenters. The zero-order valence-electron chi connectivity index (χ0n) is 16.6.